The molecule has 0 amide bonds. The Hall–Kier alpha value is -2.80. The molecule has 2 heterocycles. The second-order valence-corrected chi connectivity index (χ2v) is 5.19. The van der Waals surface area contributed by atoms with Gasteiger partial charge in [0.2, 0.25) is 0 Å². The number of hydrogen-bond acceptors (Lipinski definition) is 5. The third-order valence-corrected chi connectivity index (χ3v) is 3.44. The second-order valence-electron chi connectivity index (χ2n) is 5.19. The van der Waals surface area contributed by atoms with Crippen LogP contribution >= 0.6 is 0 Å². The van der Waals surface area contributed by atoms with Crippen molar-refractivity contribution in [2.24, 2.45) is 0 Å². The minimum atomic E-state index is -0.210. The lowest BCUT2D eigenvalue weighted by molar-refractivity contribution is 0.225. The molecule has 0 atom stereocenters. The van der Waals surface area contributed by atoms with Crippen molar-refractivity contribution in [3.05, 3.63) is 58.7 Å². The van der Waals surface area contributed by atoms with E-state index >= 15 is 0 Å². The molecule has 0 aliphatic rings. The summed E-state index contributed by atoms with van der Waals surface area (Å²) in [6.45, 7) is 2.91. The fourth-order valence-electron chi connectivity index (χ4n) is 2.26. The topological polar surface area (TPSA) is 74.8 Å². The van der Waals surface area contributed by atoms with Gasteiger partial charge in [0.15, 0.2) is 11.2 Å². The highest BCUT2D eigenvalue weighted by molar-refractivity contribution is 5.70. The third-order valence-electron chi connectivity index (χ3n) is 3.44. The maximum Gasteiger partial charge on any atom is 0.283 e. The second kappa shape index (κ2) is 6.53. The maximum absolute atomic E-state index is 12.5. The number of methoxy groups -OCH3 is 1. The van der Waals surface area contributed by atoms with Gasteiger partial charge in [-0.15, -0.1) is 5.10 Å². The Labute approximate surface area is 132 Å². The summed E-state index contributed by atoms with van der Waals surface area (Å²) < 4.78 is 8.12. The van der Waals surface area contributed by atoms with Gasteiger partial charge >= 0.3 is 0 Å². The minimum absolute atomic E-state index is 0.210. The van der Waals surface area contributed by atoms with Crippen molar-refractivity contribution in [2.45, 2.75) is 13.5 Å². The number of aromatic nitrogens is 5. The van der Waals surface area contributed by atoms with E-state index in [1.807, 2.05) is 43.3 Å². The molecule has 0 saturated heterocycles. The van der Waals surface area contributed by atoms with Crippen molar-refractivity contribution in [2.75, 3.05) is 13.7 Å². The average molecular weight is 311 g/mol. The van der Waals surface area contributed by atoms with Crippen LogP contribution < -0.4 is 5.56 Å². The Kier molecular flexibility index (Phi) is 4.29. The predicted octanol–water partition coefficient (Wildman–Crippen LogP) is 1.57. The lowest BCUT2D eigenvalue weighted by Gasteiger charge is -2.04. The van der Waals surface area contributed by atoms with Crippen molar-refractivity contribution >= 4 is 11.2 Å². The van der Waals surface area contributed by atoms with Crippen molar-refractivity contribution in [3.63, 3.8) is 0 Å². The molecule has 0 fully saturated rings. The Morgan fingerprint density at radius 1 is 1.30 bits per heavy atom. The monoisotopic (exact) mass is 311 g/mol. The van der Waals surface area contributed by atoms with E-state index in [1.165, 1.54) is 10.9 Å². The summed E-state index contributed by atoms with van der Waals surface area (Å²) >= 11 is 0. The number of hydrogen-bond donors (Lipinski definition) is 0. The van der Waals surface area contributed by atoms with Crippen molar-refractivity contribution in [3.8, 4) is 5.69 Å². The summed E-state index contributed by atoms with van der Waals surface area (Å²) in [5.41, 5.74) is 2.37. The Balaban J connectivity index is 1.99. The van der Waals surface area contributed by atoms with Crippen molar-refractivity contribution in [1.29, 1.82) is 0 Å². The number of allylic oxidation sites excluding steroid dienone is 1. The van der Waals surface area contributed by atoms with E-state index in [0.29, 0.717) is 18.8 Å². The predicted molar refractivity (Wildman–Crippen MR) is 86.6 cm³/mol. The van der Waals surface area contributed by atoms with E-state index in [2.05, 4.69) is 15.3 Å². The summed E-state index contributed by atoms with van der Waals surface area (Å²) in [7, 11) is 1.64. The quantitative estimate of drug-likeness (QED) is 0.669. The van der Waals surface area contributed by atoms with Gasteiger partial charge in [-0.3, -0.25) is 9.36 Å². The minimum Gasteiger partial charge on any atom is -0.380 e. The molecule has 23 heavy (non-hydrogen) atoms. The smallest absolute Gasteiger partial charge is 0.283 e. The molecule has 0 radical (unpaired) electrons. The number of fused-ring (bicyclic) bond motifs is 1. The normalized spacial score (nSPS) is 12.0. The molecule has 3 rings (SSSR count). The maximum atomic E-state index is 12.5. The van der Waals surface area contributed by atoms with Crippen LogP contribution in [-0.2, 0) is 11.3 Å². The number of benzene rings is 1. The number of para-hydroxylation sites is 1. The van der Waals surface area contributed by atoms with E-state index in [-0.39, 0.29) is 11.1 Å². The van der Waals surface area contributed by atoms with Crippen LogP contribution in [0.15, 0.2) is 53.1 Å². The zero-order chi connectivity index (χ0) is 16.2. The first kappa shape index (κ1) is 15.1. The molecule has 0 aliphatic carbocycles. The van der Waals surface area contributed by atoms with Gasteiger partial charge in [-0.25, -0.2) is 4.98 Å². The highest BCUT2D eigenvalue weighted by Crippen LogP contribution is 2.10. The van der Waals surface area contributed by atoms with Gasteiger partial charge in [0.25, 0.3) is 5.56 Å². The summed E-state index contributed by atoms with van der Waals surface area (Å²) in [5, 5.41) is 8.04. The van der Waals surface area contributed by atoms with Crippen LogP contribution in [0.25, 0.3) is 16.9 Å². The zero-order valence-electron chi connectivity index (χ0n) is 13.0. The van der Waals surface area contributed by atoms with Crippen LogP contribution in [0.1, 0.15) is 6.92 Å². The number of nitrogens with zero attached hydrogens (tertiary/aromatic N) is 5. The molecular formula is C16H17N5O2. The van der Waals surface area contributed by atoms with Gasteiger partial charge in [0, 0.05) is 13.7 Å². The van der Waals surface area contributed by atoms with E-state index in [1.54, 1.807) is 11.8 Å². The fourth-order valence-corrected chi connectivity index (χ4v) is 2.26. The molecule has 0 spiro atoms. The first-order valence-electron chi connectivity index (χ1n) is 7.21. The molecular weight excluding hydrogens is 294 g/mol. The molecule has 3 aromatic rings. The van der Waals surface area contributed by atoms with Crippen LogP contribution in [0.4, 0.5) is 0 Å². The molecule has 0 N–H and O–H groups in total. The lowest BCUT2D eigenvalue weighted by atomic mass is 10.3. The molecule has 118 valence electrons. The molecule has 2 aromatic heterocycles. The van der Waals surface area contributed by atoms with Crippen LogP contribution in [0, 0.1) is 0 Å². The van der Waals surface area contributed by atoms with Crippen LogP contribution in [0.2, 0.25) is 0 Å². The van der Waals surface area contributed by atoms with Gasteiger partial charge in [0.05, 0.1) is 12.3 Å². The third kappa shape index (κ3) is 3.04. The van der Waals surface area contributed by atoms with E-state index < -0.39 is 0 Å². The Morgan fingerprint density at radius 2 is 2.09 bits per heavy atom. The number of rotatable bonds is 5. The number of ether oxygens (including phenoxy) is 1. The van der Waals surface area contributed by atoms with Gasteiger partial charge < -0.3 is 4.74 Å². The molecule has 0 aliphatic heterocycles. The van der Waals surface area contributed by atoms with E-state index in [9.17, 15) is 4.79 Å². The highest BCUT2D eigenvalue weighted by atomic mass is 16.5. The zero-order valence-corrected chi connectivity index (χ0v) is 13.0. The van der Waals surface area contributed by atoms with Gasteiger partial charge in [-0.1, -0.05) is 35.1 Å². The molecule has 0 saturated carbocycles. The molecule has 0 bridgehead atoms. The summed E-state index contributed by atoms with van der Waals surface area (Å²) in [5.74, 6) is 0. The fraction of sp³-hybridized carbons (Fsp3) is 0.250. The average Bonchev–Trinajstić information content (AvgIpc) is 3.00. The van der Waals surface area contributed by atoms with E-state index in [4.69, 9.17) is 4.74 Å². The lowest BCUT2D eigenvalue weighted by Crippen LogP contribution is -2.20. The molecule has 1 aromatic carbocycles. The highest BCUT2D eigenvalue weighted by Gasteiger charge is 2.12. The van der Waals surface area contributed by atoms with Crippen LogP contribution in [0.3, 0.4) is 0 Å². The van der Waals surface area contributed by atoms with E-state index in [0.717, 1.165) is 11.3 Å². The van der Waals surface area contributed by atoms with Crippen LogP contribution in [0.5, 0.6) is 0 Å². The molecule has 7 heteroatoms. The first-order chi connectivity index (χ1) is 11.2. The Bertz CT molecular complexity index is 896. The van der Waals surface area contributed by atoms with Gasteiger partial charge in [-0.05, 0) is 19.1 Å². The largest absolute Gasteiger partial charge is 0.380 e. The van der Waals surface area contributed by atoms with Crippen molar-refractivity contribution < 1.29 is 4.74 Å². The molecule has 0 unspecified atom stereocenters. The summed E-state index contributed by atoms with van der Waals surface area (Å²) in [6.07, 6.45) is 3.45. The SMILES string of the molecule is COC/C(C)=C/Cn1cnc2c(nnn2-c2ccccc2)c1=O. The van der Waals surface area contributed by atoms with Crippen molar-refractivity contribution in [1.82, 2.24) is 24.5 Å². The van der Waals surface area contributed by atoms with Gasteiger partial charge in [0.1, 0.15) is 6.33 Å². The molecule has 7 nitrogen and oxygen atoms in total. The summed E-state index contributed by atoms with van der Waals surface area (Å²) in [6, 6.07) is 9.48. The summed E-state index contributed by atoms with van der Waals surface area (Å²) in [4.78, 5) is 16.8. The van der Waals surface area contributed by atoms with Gasteiger partial charge in [-0.2, -0.15) is 4.68 Å². The van der Waals surface area contributed by atoms with Crippen LogP contribution in [-0.4, -0.2) is 38.3 Å². The first-order valence-corrected chi connectivity index (χ1v) is 7.21. The standard InChI is InChI=1S/C16H17N5O2/c1-12(10-23-2)8-9-20-11-17-15-14(16(20)22)18-19-21(15)13-6-4-3-5-7-13/h3-8,11H,9-10H2,1-2H3/b12-8+. The Morgan fingerprint density at radius 3 is 2.83 bits per heavy atom.